The molecule has 1 atom stereocenters. The largest absolute Gasteiger partial charge is 0.493 e. The highest BCUT2D eigenvalue weighted by atomic mass is 32.1. The van der Waals surface area contributed by atoms with Crippen molar-refractivity contribution in [2.24, 2.45) is 0 Å². The van der Waals surface area contributed by atoms with E-state index < -0.39 is 11.9 Å². The standard InChI is InChI=1S/C28H22N2O5S/c1-4-34-20-12-10-16(14-21(20)33-3)24-23-25(31)17-7-5-6-8-19(17)35-26(23)27(32)30(24)28-29-18-11-9-15(2)13-22(18)36-28/h5-14,24H,4H2,1-3H3. The van der Waals surface area contributed by atoms with Gasteiger partial charge >= 0.3 is 0 Å². The molecule has 8 heteroatoms. The van der Waals surface area contributed by atoms with Gasteiger partial charge in [0.05, 0.1) is 40.9 Å². The van der Waals surface area contributed by atoms with E-state index in [1.54, 1.807) is 48.4 Å². The van der Waals surface area contributed by atoms with Crippen molar-refractivity contribution in [3.05, 3.63) is 93.3 Å². The number of hydrogen-bond acceptors (Lipinski definition) is 7. The van der Waals surface area contributed by atoms with Crippen molar-refractivity contribution in [2.75, 3.05) is 18.6 Å². The number of aryl methyl sites for hydroxylation is 1. The summed E-state index contributed by atoms with van der Waals surface area (Å²) in [5.41, 5.74) is 3.01. The lowest BCUT2D eigenvalue weighted by molar-refractivity contribution is 0.0971. The maximum absolute atomic E-state index is 13.8. The topological polar surface area (TPSA) is 81.9 Å². The molecule has 6 rings (SSSR count). The Morgan fingerprint density at radius 1 is 1.06 bits per heavy atom. The monoisotopic (exact) mass is 498 g/mol. The summed E-state index contributed by atoms with van der Waals surface area (Å²) in [7, 11) is 1.56. The lowest BCUT2D eigenvalue weighted by Gasteiger charge is -2.23. The zero-order valence-electron chi connectivity index (χ0n) is 19.9. The Bertz CT molecular complexity index is 1720. The lowest BCUT2D eigenvalue weighted by atomic mass is 9.98. The van der Waals surface area contributed by atoms with Crippen LogP contribution in [0.1, 0.15) is 40.2 Å². The minimum Gasteiger partial charge on any atom is -0.493 e. The molecule has 1 unspecified atom stereocenters. The molecule has 2 aromatic heterocycles. The quantitative estimate of drug-likeness (QED) is 0.302. The average Bonchev–Trinajstić information content (AvgIpc) is 3.43. The van der Waals surface area contributed by atoms with E-state index in [1.165, 1.54) is 11.3 Å². The first-order valence-corrected chi connectivity index (χ1v) is 12.4. The van der Waals surface area contributed by atoms with Gasteiger partial charge in [-0.25, -0.2) is 4.98 Å². The molecule has 3 aromatic carbocycles. The van der Waals surface area contributed by atoms with Gasteiger partial charge in [-0.3, -0.25) is 14.5 Å². The summed E-state index contributed by atoms with van der Waals surface area (Å²) >= 11 is 1.41. The molecule has 0 radical (unpaired) electrons. The molecule has 1 aliphatic heterocycles. The van der Waals surface area contributed by atoms with Crippen molar-refractivity contribution in [3.8, 4) is 11.5 Å². The van der Waals surface area contributed by atoms with E-state index in [4.69, 9.17) is 18.9 Å². The SMILES string of the molecule is CCOc1ccc(C2c3c(oc4ccccc4c3=O)C(=O)N2c2nc3ccc(C)cc3s2)cc1OC. The van der Waals surface area contributed by atoms with Crippen LogP contribution in [0.2, 0.25) is 0 Å². The van der Waals surface area contributed by atoms with Crippen LogP contribution >= 0.6 is 11.3 Å². The highest BCUT2D eigenvalue weighted by Crippen LogP contribution is 2.45. The maximum Gasteiger partial charge on any atom is 0.297 e. The fourth-order valence-corrected chi connectivity index (χ4v) is 5.77. The van der Waals surface area contributed by atoms with Crippen LogP contribution in [0.25, 0.3) is 21.2 Å². The third-order valence-electron chi connectivity index (χ3n) is 6.32. The van der Waals surface area contributed by atoms with Crippen molar-refractivity contribution < 1.29 is 18.7 Å². The number of carbonyl (C=O) groups is 1. The van der Waals surface area contributed by atoms with Crippen molar-refractivity contribution in [3.63, 3.8) is 0 Å². The summed E-state index contributed by atoms with van der Waals surface area (Å²) in [6.45, 7) is 4.39. The number of anilines is 1. The zero-order chi connectivity index (χ0) is 25.0. The van der Waals surface area contributed by atoms with Crippen molar-refractivity contribution in [1.29, 1.82) is 0 Å². The molecule has 0 bridgehead atoms. The first-order valence-electron chi connectivity index (χ1n) is 11.6. The van der Waals surface area contributed by atoms with Crippen molar-refractivity contribution >= 4 is 43.6 Å². The lowest BCUT2D eigenvalue weighted by Crippen LogP contribution is -2.29. The summed E-state index contributed by atoms with van der Waals surface area (Å²) in [5.74, 6) is 0.731. The van der Waals surface area contributed by atoms with Gasteiger partial charge in [-0.2, -0.15) is 0 Å². The number of para-hydroxylation sites is 1. The minimum atomic E-state index is -0.736. The second kappa shape index (κ2) is 8.49. The summed E-state index contributed by atoms with van der Waals surface area (Å²) < 4.78 is 18.3. The summed E-state index contributed by atoms with van der Waals surface area (Å²) in [5, 5.41) is 0.919. The van der Waals surface area contributed by atoms with Gasteiger partial charge in [0.1, 0.15) is 5.58 Å². The molecule has 0 N–H and O–H groups in total. The molecule has 0 saturated heterocycles. The van der Waals surface area contributed by atoms with Crippen molar-refractivity contribution in [2.45, 2.75) is 19.9 Å². The molecule has 5 aromatic rings. The molecule has 0 saturated carbocycles. The van der Waals surface area contributed by atoms with E-state index in [0.717, 1.165) is 15.8 Å². The molecule has 3 heterocycles. The zero-order valence-corrected chi connectivity index (χ0v) is 20.7. The van der Waals surface area contributed by atoms with Crippen LogP contribution in [0.4, 0.5) is 5.13 Å². The normalized spacial score (nSPS) is 15.0. The Labute approximate surface area is 210 Å². The van der Waals surface area contributed by atoms with Gasteiger partial charge < -0.3 is 13.9 Å². The van der Waals surface area contributed by atoms with Crippen LogP contribution in [-0.4, -0.2) is 24.6 Å². The molecule has 0 fully saturated rings. The van der Waals surface area contributed by atoms with Gasteiger partial charge in [0.15, 0.2) is 22.1 Å². The molecular weight excluding hydrogens is 476 g/mol. The number of thiazole rings is 1. The Balaban J connectivity index is 1.61. The number of ether oxygens (including phenoxy) is 2. The fourth-order valence-electron chi connectivity index (χ4n) is 4.68. The molecule has 7 nitrogen and oxygen atoms in total. The number of rotatable bonds is 5. The number of hydrogen-bond donors (Lipinski definition) is 0. The predicted octanol–water partition coefficient (Wildman–Crippen LogP) is 5.87. The highest BCUT2D eigenvalue weighted by Gasteiger charge is 2.45. The van der Waals surface area contributed by atoms with Gasteiger partial charge in [0, 0.05) is 0 Å². The number of methoxy groups -OCH3 is 1. The predicted molar refractivity (Wildman–Crippen MR) is 140 cm³/mol. The number of nitrogens with zero attached hydrogens (tertiary/aromatic N) is 2. The Morgan fingerprint density at radius 3 is 2.69 bits per heavy atom. The second-order valence-corrected chi connectivity index (χ2v) is 9.57. The summed E-state index contributed by atoms with van der Waals surface area (Å²) in [6.07, 6.45) is 0. The van der Waals surface area contributed by atoms with Crippen LogP contribution < -0.4 is 19.8 Å². The van der Waals surface area contributed by atoms with Gasteiger partial charge in [-0.05, 0) is 61.4 Å². The van der Waals surface area contributed by atoms with E-state index in [1.807, 2.05) is 38.1 Å². The third-order valence-corrected chi connectivity index (χ3v) is 7.34. The van der Waals surface area contributed by atoms with Crippen LogP contribution in [0.15, 0.2) is 69.9 Å². The smallest absolute Gasteiger partial charge is 0.297 e. The molecule has 180 valence electrons. The summed E-state index contributed by atoms with van der Waals surface area (Å²) in [6, 6.07) is 17.6. The molecule has 36 heavy (non-hydrogen) atoms. The fraction of sp³-hybridized carbons (Fsp3) is 0.179. The number of carbonyl (C=O) groups excluding carboxylic acids is 1. The highest BCUT2D eigenvalue weighted by molar-refractivity contribution is 7.22. The van der Waals surface area contributed by atoms with E-state index >= 15 is 0 Å². The van der Waals surface area contributed by atoms with Gasteiger partial charge in [0.25, 0.3) is 5.91 Å². The third kappa shape index (κ3) is 3.37. The molecular formula is C28H22N2O5S. The van der Waals surface area contributed by atoms with E-state index in [0.29, 0.717) is 45.3 Å². The van der Waals surface area contributed by atoms with Gasteiger partial charge in [0.2, 0.25) is 5.76 Å². The van der Waals surface area contributed by atoms with Crippen LogP contribution in [0.3, 0.4) is 0 Å². The van der Waals surface area contributed by atoms with E-state index in [2.05, 4.69) is 0 Å². The van der Waals surface area contributed by atoms with Gasteiger partial charge in [-0.1, -0.05) is 35.6 Å². The average molecular weight is 499 g/mol. The second-order valence-electron chi connectivity index (χ2n) is 8.56. The molecule has 1 amide bonds. The molecule has 0 spiro atoms. The maximum atomic E-state index is 13.8. The first kappa shape index (κ1) is 22.3. The minimum absolute atomic E-state index is 0.0342. The molecule has 1 aliphatic rings. The number of benzene rings is 3. The van der Waals surface area contributed by atoms with Crippen molar-refractivity contribution in [1.82, 2.24) is 4.98 Å². The van der Waals surface area contributed by atoms with Crippen LogP contribution in [-0.2, 0) is 0 Å². The number of aromatic nitrogens is 1. The summed E-state index contributed by atoms with van der Waals surface area (Å²) in [4.78, 5) is 33.9. The number of fused-ring (bicyclic) bond motifs is 3. The van der Waals surface area contributed by atoms with E-state index in [9.17, 15) is 9.59 Å². The van der Waals surface area contributed by atoms with E-state index in [-0.39, 0.29) is 11.2 Å². The van der Waals surface area contributed by atoms with Gasteiger partial charge in [-0.15, -0.1) is 0 Å². The Hall–Kier alpha value is -4.17. The van der Waals surface area contributed by atoms with Crippen LogP contribution in [0, 0.1) is 6.92 Å². The molecule has 0 aliphatic carbocycles. The Morgan fingerprint density at radius 2 is 1.89 bits per heavy atom. The number of amides is 1. The Kier molecular flexibility index (Phi) is 5.26. The van der Waals surface area contributed by atoms with Crippen LogP contribution in [0.5, 0.6) is 11.5 Å². The first-order chi connectivity index (χ1) is 17.5.